The first kappa shape index (κ1) is 16.1. The summed E-state index contributed by atoms with van der Waals surface area (Å²) in [5.41, 5.74) is 3.57. The molecule has 1 unspecified atom stereocenters. The lowest BCUT2D eigenvalue weighted by atomic mass is 9.83. The fraction of sp³-hybridized carbons (Fsp3) is 0.0385. The van der Waals surface area contributed by atoms with Gasteiger partial charge in [-0.15, -0.1) is 0 Å². The van der Waals surface area contributed by atoms with Crippen molar-refractivity contribution in [3.05, 3.63) is 114 Å². The predicted octanol–water partition coefficient (Wildman–Crippen LogP) is 5.51. The average Bonchev–Trinajstić information content (AvgIpc) is 3.04. The van der Waals surface area contributed by atoms with Crippen LogP contribution in [0.3, 0.4) is 0 Å². The Morgan fingerprint density at radius 3 is 2.41 bits per heavy atom. The topological polar surface area (TPSA) is 38.3 Å². The molecule has 29 heavy (non-hydrogen) atoms. The molecule has 2 aliphatic rings. The zero-order valence-electron chi connectivity index (χ0n) is 15.6. The van der Waals surface area contributed by atoms with E-state index >= 15 is 0 Å². The van der Waals surface area contributed by atoms with Crippen molar-refractivity contribution in [3.8, 4) is 5.75 Å². The van der Waals surface area contributed by atoms with Crippen LogP contribution < -0.4 is 10.1 Å². The molecular weight excluding hydrogens is 358 g/mol. The van der Waals surface area contributed by atoms with Gasteiger partial charge in [-0.05, 0) is 40.1 Å². The third-order valence-electron chi connectivity index (χ3n) is 5.78. The number of amides is 1. The molecule has 1 spiro atoms. The summed E-state index contributed by atoms with van der Waals surface area (Å²) in [7, 11) is 0. The van der Waals surface area contributed by atoms with Crippen LogP contribution in [0.5, 0.6) is 5.75 Å². The van der Waals surface area contributed by atoms with E-state index in [0.717, 1.165) is 44.5 Å². The maximum Gasteiger partial charge on any atom is 0.277 e. The van der Waals surface area contributed by atoms with E-state index in [-0.39, 0.29) is 5.91 Å². The molecule has 0 aliphatic carbocycles. The van der Waals surface area contributed by atoms with E-state index in [4.69, 9.17) is 4.74 Å². The quantitative estimate of drug-likeness (QED) is 0.476. The maximum absolute atomic E-state index is 13.2. The molecule has 1 N–H and O–H groups in total. The molecule has 0 saturated heterocycles. The number of carbonyl (C=O) groups is 1. The van der Waals surface area contributed by atoms with Crippen LogP contribution in [0.2, 0.25) is 0 Å². The molecule has 6 rings (SSSR count). The molecule has 4 aromatic carbocycles. The second kappa shape index (κ2) is 5.82. The first-order chi connectivity index (χ1) is 14.3. The van der Waals surface area contributed by atoms with Crippen molar-refractivity contribution in [3.63, 3.8) is 0 Å². The van der Waals surface area contributed by atoms with E-state index in [1.807, 2.05) is 66.7 Å². The number of ether oxygens (including phenoxy) is 1. The predicted molar refractivity (Wildman–Crippen MR) is 115 cm³/mol. The summed E-state index contributed by atoms with van der Waals surface area (Å²) >= 11 is 0. The van der Waals surface area contributed by atoms with Crippen LogP contribution in [-0.4, -0.2) is 5.91 Å². The highest BCUT2D eigenvalue weighted by atomic mass is 16.5. The van der Waals surface area contributed by atoms with E-state index < -0.39 is 5.60 Å². The zero-order valence-corrected chi connectivity index (χ0v) is 15.6. The highest BCUT2D eigenvalue weighted by Gasteiger charge is 2.50. The Balaban J connectivity index is 1.70. The Morgan fingerprint density at radius 2 is 1.52 bits per heavy atom. The molecule has 0 radical (unpaired) electrons. The molecule has 3 nitrogen and oxygen atoms in total. The van der Waals surface area contributed by atoms with Crippen molar-refractivity contribution in [1.29, 1.82) is 0 Å². The number of hydrogen-bond donors (Lipinski definition) is 1. The Hall–Kier alpha value is -3.85. The number of nitrogens with one attached hydrogen (secondary N) is 1. The van der Waals surface area contributed by atoms with E-state index in [9.17, 15) is 4.79 Å². The first-order valence-corrected chi connectivity index (χ1v) is 9.67. The monoisotopic (exact) mass is 375 g/mol. The third kappa shape index (κ3) is 2.21. The van der Waals surface area contributed by atoms with Gasteiger partial charge in [0.1, 0.15) is 5.75 Å². The van der Waals surface area contributed by atoms with Crippen molar-refractivity contribution in [2.45, 2.75) is 5.60 Å². The zero-order chi connectivity index (χ0) is 19.4. The van der Waals surface area contributed by atoms with Crippen LogP contribution >= 0.6 is 0 Å². The van der Waals surface area contributed by atoms with E-state index in [2.05, 4.69) is 35.6 Å². The average molecular weight is 375 g/mol. The number of carbonyl (C=O) groups excluding carboxylic acids is 1. The van der Waals surface area contributed by atoms with Crippen LogP contribution in [0.4, 0.5) is 5.69 Å². The highest BCUT2D eigenvalue weighted by Crippen LogP contribution is 2.50. The van der Waals surface area contributed by atoms with Gasteiger partial charge >= 0.3 is 0 Å². The van der Waals surface area contributed by atoms with E-state index in [0.29, 0.717) is 0 Å². The van der Waals surface area contributed by atoms with Gasteiger partial charge in [0.2, 0.25) is 5.60 Å². The molecule has 2 aliphatic heterocycles. The van der Waals surface area contributed by atoms with E-state index in [1.165, 1.54) is 0 Å². The number of benzene rings is 4. The molecule has 1 amide bonds. The molecule has 4 aromatic rings. The van der Waals surface area contributed by atoms with Crippen LogP contribution in [0.25, 0.3) is 16.3 Å². The normalized spacial score (nSPS) is 19.3. The largest absolute Gasteiger partial charge is 0.468 e. The van der Waals surface area contributed by atoms with Crippen molar-refractivity contribution >= 4 is 27.9 Å². The van der Waals surface area contributed by atoms with Gasteiger partial charge in [-0.2, -0.15) is 0 Å². The standard InChI is InChI=1S/C26H17NO2/c28-25-26(21-12-6-7-13-22(21)27-25)16-20(17-8-2-1-3-9-17)24-19-11-5-4-10-18(19)14-15-23(24)29-26/h1-16H,(H,27,28). The number of fused-ring (bicyclic) bond motifs is 5. The van der Waals surface area contributed by atoms with Crippen LogP contribution in [-0.2, 0) is 10.4 Å². The van der Waals surface area contributed by atoms with Gasteiger partial charge < -0.3 is 10.1 Å². The lowest BCUT2D eigenvalue weighted by Gasteiger charge is -2.33. The summed E-state index contributed by atoms with van der Waals surface area (Å²) in [6, 6.07) is 30.2. The summed E-state index contributed by atoms with van der Waals surface area (Å²) in [5.74, 6) is 0.558. The Labute approximate surface area is 168 Å². The van der Waals surface area contributed by atoms with Gasteiger partial charge in [0, 0.05) is 16.8 Å². The van der Waals surface area contributed by atoms with Crippen molar-refractivity contribution < 1.29 is 9.53 Å². The summed E-state index contributed by atoms with van der Waals surface area (Å²) in [5, 5.41) is 5.24. The summed E-state index contributed by atoms with van der Waals surface area (Å²) < 4.78 is 6.49. The fourth-order valence-electron chi connectivity index (χ4n) is 4.44. The number of para-hydroxylation sites is 1. The van der Waals surface area contributed by atoms with Crippen molar-refractivity contribution in [2.75, 3.05) is 5.32 Å². The van der Waals surface area contributed by atoms with Gasteiger partial charge in [-0.3, -0.25) is 4.79 Å². The van der Waals surface area contributed by atoms with Crippen LogP contribution in [0.15, 0.2) is 97.1 Å². The maximum atomic E-state index is 13.2. The lowest BCUT2D eigenvalue weighted by molar-refractivity contribution is -0.127. The molecule has 2 heterocycles. The molecule has 0 fully saturated rings. The Morgan fingerprint density at radius 1 is 0.759 bits per heavy atom. The number of anilines is 1. The molecule has 1 atom stereocenters. The molecule has 3 heteroatoms. The summed E-state index contributed by atoms with van der Waals surface area (Å²) in [4.78, 5) is 13.2. The molecule has 138 valence electrons. The van der Waals surface area contributed by atoms with E-state index in [1.54, 1.807) is 0 Å². The molecule has 0 bridgehead atoms. The molecule has 0 saturated carbocycles. The van der Waals surface area contributed by atoms with Crippen LogP contribution in [0, 0.1) is 0 Å². The third-order valence-corrected chi connectivity index (χ3v) is 5.78. The Bertz CT molecular complexity index is 1320. The molecule has 0 aromatic heterocycles. The van der Waals surface area contributed by atoms with Crippen molar-refractivity contribution in [1.82, 2.24) is 0 Å². The number of rotatable bonds is 1. The van der Waals surface area contributed by atoms with Gasteiger partial charge in [0.25, 0.3) is 5.91 Å². The van der Waals surface area contributed by atoms with Crippen molar-refractivity contribution in [2.24, 2.45) is 0 Å². The lowest BCUT2D eigenvalue weighted by Crippen LogP contribution is -2.40. The Kier molecular flexibility index (Phi) is 3.24. The molecular formula is C26H17NO2. The highest BCUT2D eigenvalue weighted by molar-refractivity contribution is 6.11. The second-order valence-electron chi connectivity index (χ2n) is 7.42. The minimum absolute atomic E-state index is 0.161. The SMILES string of the molecule is O=C1Nc2ccccc2C12C=C(c1ccccc1)c1c(ccc3ccccc13)O2. The minimum Gasteiger partial charge on any atom is -0.468 e. The summed E-state index contributed by atoms with van der Waals surface area (Å²) in [6.45, 7) is 0. The second-order valence-corrected chi connectivity index (χ2v) is 7.42. The van der Waals surface area contributed by atoms with Gasteiger partial charge in [0.05, 0.1) is 0 Å². The minimum atomic E-state index is -1.17. The smallest absolute Gasteiger partial charge is 0.277 e. The number of hydrogen-bond acceptors (Lipinski definition) is 2. The van der Waals surface area contributed by atoms with Gasteiger partial charge in [-0.1, -0.05) is 78.9 Å². The first-order valence-electron chi connectivity index (χ1n) is 9.67. The van der Waals surface area contributed by atoms with Crippen LogP contribution in [0.1, 0.15) is 16.7 Å². The van der Waals surface area contributed by atoms with Gasteiger partial charge in [-0.25, -0.2) is 0 Å². The summed E-state index contributed by atoms with van der Waals surface area (Å²) in [6.07, 6.45) is 1.98. The van der Waals surface area contributed by atoms with Gasteiger partial charge in [0.15, 0.2) is 0 Å². The fourth-order valence-corrected chi connectivity index (χ4v) is 4.44.